The van der Waals surface area contributed by atoms with Crippen molar-refractivity contribution in [2.45, 2.75) is 310 Å². The van der Waals surface area contributed by atoms with Crippen LogP contribution in [0.5, 0.6) is 0 Å². The second kappa shape index (κ2) is 59.2. The molecule has 0 atom stereocenters. The molecule has 61 heavy (non-hydrogen) atoms. The molecule has 0 aromatic heterocycles. The molecule has 0 aliphatic rings. The van der Waals surface area contributed by atoms with Crippen molar-refractivity contribution in [2.75, 3.05) is 26.2 Å². The molecule has 0 amide bonds. The predicted molar refractivity (Wildman–Crippen MR) is 295 cm³/mol. The van der Waals surface area contributed by atoms with E-state index in [9.17, 15) is 0 Å². The van der Waals surface area contributed by atoms with Crippen molar-refractivity contribution in [3.63, 3.8) is 0 Å². The summed E-state index contributed by atoms with van der Waals surface area (Å²) in [6.07, 6.45) is 61.3. The van der Waals surface area contributed by atoms with E-state index >= 15 is 0 Å². The summed E-state index contributed by atoms with van der Waals surface area (Å²) < 4.78 is 1.38. The minimum atomic E-state index is 0. The van der Waals surface area contributed by atoms with Crippen LogP contribution in [-0.4, -0.2) is 71.9 Å². The molecular formula is C54H108N2PbS4. The van der Waals surface area contributed by atoms with Gasteiger partial charge in [-0.3, -0.25) is 0 Å². The van der Waals surface area contributed by atoms with Crippen molar-refractivity contribution in [2.24, 2.45) is 0 Å². The molecule has 0 aromatic carbocycles. The normalized spacial score (nSPS) is 11.0. The molecule has 0 rings (SSSR count). The van der Waals surface area contributed by atoms with Gasteiger partial charge in [0, 0.05) is 26.2 Å². The second-order valence-corrected chi connectivity index (χ2v) is 20.7. The van der Waals surface area contributed by atoms with Gasteiger partial charge in [0.05, 0.1) is 0 Å². The van der Waals surface area contributed by atoms with E-state index < -0.39 is 0 Å². The molecule has 0 bridgehead atoms. The monoisotopic (exact) mass is 1120 g/mol. The van der Waals surface area contributed by atoms with Gasteiger partial charge in [0.2, 0.25) is 0 Å². The van der Waals surface area contributed by atoms with Gasteiger partial charge in [0.1, 0.15) is 0 Å². The molecule has 7 heteroatoms. The Kier molecular flexibility index (Phi) is 64.4. The van der Waals surface area contributed by atoms with Crippen molar-refractivity contribution in [1.29, 1.82) is 0 Å². The summed E-state index contributed by atoms with van der Waals surface area (Å²) in [6, 6.07) is 0. The zero-order chi connectivity index (χ0) is 44.3. The minimum Gasteiger partial charge on any atom is -0.411 e. The quantitative estimate of drug-likeness (QED) is 0.0257. The summed E-state index contributed by atoms with van der Waals surface area (Å²) in [7, 11) is 0. The molecule has 0 N–H and O–H groups in total. The maximum Gasteiger partial charge on any atom is 2.00 e. The van der Waals surface area contributed by atoms with Gasteiger partial charge < -0.3 is 59.5 Å². The average molecular weight is 1120 g/mol. The van der Waals surface area contributed by atoms with Crippen LogP contribution in [0.1, 0.15) is 310 Å². The number of unbranched alkanes of at least 4 members (excludes halogenated alkanes) is 40. The first-order valence-corrected chi connectivity index (χ1v) is 29.0. The zero-order valence-electron chi connectivity index (χ0n) is 42.0. The van der Waals surface area contributed by atoms with Gasteiger partial charge >= 0.3 is 27.3 Å². The first kappa shape index (κ1) is 66.4. The van der Waals surface area contributed by atoms with Crippen molar-refractivity contribution >= 4 is 85.6 Å². The Morgan fingerprint density at radius 3 is 0.475 bits per heavy atom. The second-order valence-electron chi connectivity index (χ2n) is 18.6. The number of thiocarbonyl (C=S) groups is 2. The molecule has 0 saturated heterocycles. The fourth-order valence-corrected chi connectivity index (χ4v) is 9.19. The molecule has 2 nitrogen and oxygen atoms in total. The van der Waals surface area contributed by atoms with Crippen LogP contribution < -0.4 is 0 Å². The number of hydrogen-bond acceptors (Lipinski definition) is 4. The molecule has 0 fully saturated rings. The SMILES string of the molecule is CCCCCCCCCCCCCN(CCCCCCCCCCCCC)C(=S)[S-].CCCCCCCCCCCCCN(CCCCCCCCCCCCC)C(=S)[S-].[Pb+2]. The fraction of sp³-hybridized carbons (Fsp3) is 0.963. The van der Waals surface area contributed by atoms with Crippen LogP contribution in [0.25, 0.3) is 0 Å². The van der Waals surface area contributed by atoms with E-state index in [1.54, 1.807) is 0 Å². The maximum atomic E-state index is 5.32. The van der Waals surface area contributed by atoms with Crippen LogP contribution in [0.4, 0.5) is 0 Å². The van der Waals surface area contributed by atoms with Gasteiger partial charge in [-0.2, -0.15) is 0 Å². The number of nitrogens with zero attached hydrogens (tertiary/aromatic N) is 2. The van der Waals surface area contributed by atoms with Gasteiger partial charge in [0.25, 0.3) is 0 Å². The summed E-state index contributed by atoms with van der Waals surface area (Å²) in [5.41, 5.74) is 0. The van der Waals surface area contributed by atoms with Gasteiger partial charge in [-0.25, -0.2) is 0 Å². The van der Waals surface area contributed by atoms with E-state index in [1.165, 1.54) is 283 Å². The van der Waals surface area contributed by atoms with Crippen LogP contribution in [0.2, 0.25) is 0 Å². The van der Waals surface area contributed by atoms with Gasteiger partial charge in [-0.1, -0.05) is 293 Å². The van der Waals surface area contributed by atoms with Crippen LogP contribution in [0.15, 0.2) is 0 Å². The molecule has 0 spiro atoms. The van der Waals surface area contributed by atoms with E-state index in [2.05, 4.69) is 37.5 Å². The van der Waals surface area contributed by atoms with Gasteiger partial charge in [-0.05, 0) is 25.7 Å². The van der Waals surface area contributed by atoms with Crippen molar-refractivity contribution in [1.82, 2.24) is 9.80 Å². The zero-order valence-corrected chi connectivity index (χ0v) is 49.1. The first-order valence-electron chi connectivity index (χ1n) is 27.4. The van der Waals surface area contributed by atoms with Crippen LogP contribution in [0.3, 0.4) is 0 Å². The Balaban J connectivity index is -0.00000109. The minimum absolute atomic E-state index is 0. The Hall–Kier alpha value is 1.14. The maximum absolute atomic E-state index is 5.32. The summed E-state index contributed by atoms with van der Waals surface area (Å²) >= 11 is 21.3. The van der Waals surface area contributed by atoms with Crippen molar-refractivity contribution in [3.8, 4) is 0 Å². The molecule has 0 unspecified atom stereocenters. The van der Waals surface area contributed by atoms with Crippen LogP contribution >= 0.6 is 24.4 Å². The smallest absolute Gasteiger partial charge is 0.411 e. The number of rotatable bonds is 48. The van der Waals surface area contributed by atoms with Crippen LogP contribution in [-0.2, 0) is 25.3 Å². The molecule has 0 saturated carbocycles. The van der Waals surface area contributed by atoms with Crippen molar-refractivity contribution < 1.29 is 0 Å². The van der Waals surface area contributed by atoms with E-state index in [-0.39, 0.29) is 27.3 Å². The van der Waals surface area contributed by atoms with Gasteiger partial charge in [0.15, 0.2) is 0 Å². The fourth-order valence-electron chi connectivity index (χ4n) is 8.46. The van der Waals surface area contributed by atoms with Gasteiger partial charge in [-0.15, -0.1) is 0 Å². The standard InChI is InChI=1S/2C27H55NS2.Pb/c2*1-3-5-7-9-11-13-15-17-19-21-23-25-28(27(29)30)26-24-22-20-18-16-14-12-10-8-6-4-2;/h2*3-26H2,1-2H3,(H,29,30);/q;;+2/p-2. The summed E-state index contributed by atoms with van der Waals surface area (Å²) in [5.74, 6) is 0. The number of hydrogen-bond donors (Lipinski definition) is 0. The summed E-state index contributed by atoms with van der Waals surface area (Å²) in [5, 5.41) is 0. The third-order valence-electron chi connectivity index (χ3n) is 12.6. The summed E-state index contributed by atoms with van der Waals surface area (Å²) in [6.45, 7) is 13.5. The van der Waals surface area contributed by atoms with E-state index in [1.807, 2.05) is 0 Å². The topological polar surface area (TPSA) is 6.48 Å². The third kappa shape index (κ3) is 57.2. The third-order valence-corrected chi connectivity index (χ3v) is 13.7. The Morgan fingerprint density at radius 2 is 0.361 bits per heavy atom. The Morgan fingerprint density at radius 1 is 0.246 bits per heavy atom. The van der Waals surface area contributed by atoms with Crippen LogP contribution in [0, 0.1) is 0 Å². The first-order chi connectivity index (χ1) is 29.4. The molecule has 0 aromatic rings. The molecule has 0 aliphatic carbocycles. The molecule has 2 radical (unpaired) electrons. The van der Waals surface area contributed by atoms with E-state index in [4.69, 9.17) is 49.7 Å². The predicted octanol–water partition coefficient (Wildman–Crippen LogP) is 19.1. The molecular weight excluding hydrogens is 1010 g/mol. The Labute approximate surface area is 428 Å². The summed E-state index contributed by atoms with van der Waals surface area (Å²) in [4.78, 5) is 4.57. The van der Waals surface area contributed by atoms with E-state index in [0.29, 0.717) is 8.64 Å². The average Bonchev–Trinajstić information content (AvgIpc) is 3.24. The van der Waals surface area contributed by atoms with Crippen molar-refractivity contribution in [3.05, 3.63) is 0 Å². The Bertz CT molecular complexity index is 713. The molecule has 0 heterocycles. The molecule has 362 valence electrons. The largest absolute Gasteiger partial charge is 2.00 e. The molecule has 0 aliphatic heterocycles. The van der Waals surface area contributed by atoms with E-state index in [0.717, 1.165) is 26.2 Å².